The second-order valence-electron chi connectivity index (χ2n) is 4.77. The van der Waals surface area contributed by atoms with E-state index in [9.17, 15) is 0 Å². The van der Waals surface area contributed by atoms with E-state index in [0.717, 1.165) is 25.1 Å². The number of hydrogen-bond acceptors (Lipinski definition) is 2. The van der Waals surface area contributed by atoms with Gasteiger partial charge < -0.3 is 10.1 Å². The highest BCUT2D eigenvalue weighted by molar-refractivity contribution is 5.39. The fraction of sp³-hybridized carbons (Fsp3) is 0.500. The number of fused-ring (bicyclic) bond motifs is 1. The van der Waals surface area contributed by atoms with Crippen molar-refractivity contribution in [2.24, 2.45) is 0 Å². The third-order valence-electron chi connectivity index (χ3n) is 3.56. The highest BCUT2D eigenvalue weighted by atomic mass is 16.5. The molecule has 1 aromatic rings. The summed E-state index contributed by atoms with van der Waals surface area (Å²) in [7, 11) is 1.72. The maximum Gasteiger partial charge on any atom is 0.119 e. The summed E-state index contributed by atoms with van der Waals surface area (Å²) in [5, 5.41) is 3.61. The Morgan fingerprint density at radius 3 is 3.17 bits per heavy atom. The van der Waals surface area contributed by atoms with E-state index in [2.05, 4.69) is 29.4 Å². The van der Waals surface area contributed by atoms with Crippen molar-refractivity contribution in [1.29, 1.82) is 0 Å². The highest BCUT2D eigenvalue weighted by Crippen LogP contribution is 2.32. The molecule has 0 radical (unpaired) electrons. The number of nitrogens with one attached hydrogen (secondary N) is 1. The molecule has 0 saturated carbocycles. The summed E-state index contributed by atoms with van der Waals surface area (Å²) in [6.45, 7) is 0.992. The molecule has 1 unspecified atom stereocenters. The maximum absolute atomic E-state index is 5.32. The van der Waals surface area contributed by atoms with Gasteiger partial charge in [-0.15, -0.1) is 12.3 Å². The predicted molar refractivity (Wildman–Crippen MR) is 74.7 cm³/mol. The first-order valence-corrected chi connectivity index (χ1v) is 6.69. The van der Waals surface area contributed by atoms with E-state index < -0.39 is 0 Å². The van der Waals surface area contributed by atoms with Crippen molar-refractivity contribution < 1.29 is 4.74 Å². The largest absolute Gasteiger partial charge is 0.497 e. The van der Waals surface area contributed by atoms with Crippen LogP contribution in [0.3, 0.4) is 0 Å². The predicted octanol–water partition coefficient (Wildman–Crippen LogP) is 3.08. The molecular weight excluding hydrogens is 222 g/mol. The molecule has 1 aliphatic carbocycles. The van der Waals surface area contributed by atoms with E-state index in [1.54, 1.807) is 7.11 Å². The Morgan fingerprint density at radius 1 is 1.50 bits per heavy atom. The van der Waals surface area contributed by atoms with Crippen LogP contribution in [0.25, 0.3) is 0 Å². The molecule has 0 aromatic heterocycles. The number of rotatable bonds is 5. The van der Waals surface area contributed by atoms with Gasteiger partial charge in [0.15, 0.2) is 0 Å². The van der Waals surface area contributed by atoms with Crippen LogP contribution in [-0.4, -0.2) is 13.7 Å². The second kappa shape index (κ2) is 6.47. The Labute approximate surface area is 110 Å². The van der Waals surface area contributed by atoms with Gasteiger partial charge in [0.05, 0.1) is 7.11 Å². The Balaban J connectivity index is 2.04. The van der Waals surface area contributed by atoms with Gasteiger partial charge in [-0.05, 0) is 55.5 Å². The Hall–Kier alpha value is -1.46. The number of ether oxygens (including phenoxy) is 1. The van der Waals surface area contributed by atoms with Crippen LogP contribution in [0, 0.1) is 12.3 Å². The molecule has 2 rings (SSSR count). The van der Waals surface area contributed by atoms with Crippen molar-refractivity contribution >= 4 is 0 Å². The average molecular weight is 243 g/mol. The molecule has 1 aromatic carbocycles. The van der Waals surface area contributed by atoms with Gasteiger partial charge in [-0.25, -0.2) is 0 Å². The summed E-state index contributed by atoms with van der Waals surface area (Å²) in [5.41, 5.74) is 2.86. The SMILES string of the molecule is C#CCCCNC1CCCc2ccc(OC)cc21. The molecule has 0 amide bonds. The maximum atomic E-state index is 5.32. The van der Waals surface area contributed by atoms with Crippen LogP contribution in [-0.2, 0) is 6.42 Å². The summed E-state index contributed by atoms with van der Waals surface area (Å²) in [6.07, 6.45) is 10.8. The minimum atomic E-state index is 0.460. The fourth-order valence-corrected chi connectivity index (χ4v) is 2.58. The summed E-state index contributed by atoms with van der Waals surface area (Å²) in [5.74, 6) is 3.63. The van der Waals surface area contributed by atoms with Crippen molar-refractivity contribution in [1.82, 2.24) is 5.32 Å². The van der Waals surface area contributed by atoms with Gasteiger partial charge in [0.1, 0.15) is 5.75 Å². The summed E-state index contributed by atoms with van der Waals surface area (Å²) in [4.78, 5) is 0. The molecule has 96 valence electrons. The van der Waals surface area contributed by atoms with Crippen molar-refractivity contribution in [2.75, 3.05) is 13.7 Å². The third kappa shape index (κ3) is 3.05. The average Bonchev–Trinajstić information content (AvgIpc) is 2.43. The normalized spacial score (nSPS) is 17.9. The molecule has 2 nitrogen and oxygen atoms in total. The van der Waals surface area contributed by atoms with Crippen LogP contribution in [0.5, 0.6) is 5.75 Å². The lowest BCUT2D eigenvalue weighted by atomic mass is 9.87. The lowest BCUT2D eigenvalue weighted by Gasteiger charge is -2.27. The third-order valence-corrected chi connectivity index (χ3v) is 3.56. The minimum absolute atomic E-state index is 0.460. The standard InChI is InChI=1S/C16H21NO/c1-3-4-5-11-17-16-8-6-7-13-9-10-14(18-2)12-15(13)16/h1,9-10,12,16-17H,4-8,11H2,2H3. The molecule has 0 spiro atoms. The molecule has 18 heavy (non-hydrogen) atoms. The van der Waals surface area contributed by atoms with Gasteiger partial charge in [-0.2, -0.15) is 0 Å². The molecular formula is C16H21NO. The summed E-state index contributed by atoms with van der Waals surface area (Å²) in [6, 6.07) is 6.89. The monoisotopic (exact) mass is 243 g/mol. The zero-order valence-corrected chi connectivity index (χ0v) is 11.0. The second-order valence-corrected chi connectivity index (χ2v) is 4.77. The number of aryl methyl sites for hydroxylation is 1. The number of terminal acetylenes is 1. The first kappa shape index (κ1) is 13.0. The lowest BCUT2D eigenvalue weighted by molar-refractivity contribution is 0.408. The molecule has 1 N–H and O–H groups in total. The van der Waals surface area contributed by atoms with Crippen molar-refractivity contribution in [3.05, 3.63) is 29.3 Å². The van der Waals surface area contributed by atoms with Crippen molar-refractivity contribution in [3.8, 4) is 18.1 Å². The number of benzene rings is 1. The van der Waals surface area contributed by atoms with E-state index in [-0.39, 0.29) is 0 Å². The molecule has 0 fully saturated rings. The van der Waals surface area contributed by atoms with E-state index in [4.69, 9.17) is 11.2 Å². The molecule has 1 aliphatic rings. The van der Waals surface area contributed by atoms with E-state index in [0.29, 0.717) is 6.04 Å². The molecule has 0 bridgehead atoms. The fourth-order valence-electron chi connectivity index (χ4n) is 2.58. The van der Waals surface area contributed by atoms with Gasteiger partial charge in [-0.3, -0.25) is 0 Å². The molecule has 2 heteroatoms. The summed E-state index contributed by atoms with van der Waals surface area (Å²) >= 11 is 0. The lowest BCUT2D eigenvalue weighted by Crippen LogP contribution is -2.26. The van der Waals surface area contributed by atoms with Crippen LogP contribution in [0.15, 0.2) is 18.2 Å². The Kier molecular flexibility index (Phi) is 4.66. The molecule has 1 atom stereocenters. The van der Waals surface area contributed by atoms with Gasteiger partial charge in [0.25, 0.3) is 0 Å². The van der Waals surface area contributed by atoms with Crippen molar-refractivity contribution in [2.45, 2.75) is 38.1 Å². The van der Waals surface area contributed by atoms with Crippen LogP contribution >= 0.6 is 0 Å². The molecule has 0 saturated heterocycles. The highest BCUT2D eigenvalue weighted by Gasteiger charge is 2.19. The van der Waals surface area contributed by atoms with E-state index >= 15 is 0 Å². The summed E-state index contributed by atoms with van der Waals surface area (Å²) < 4.78 is 5.32. The minimum Gasteiger partial charge on any atom is -0.497 e. The number of methoxy groups -OCH3 is 1. The van der Waals surface area contributed by atoms with Gasteiger partial charge >= 0.3 is 0 Å². The van der Waals surface area contributed by atoms with Crippen LogP contribution in [0.2, 0.25) is 0 Å². The van der Waals surface area contributed by atoms with Gasteiger partial charge in [0.2, 0.25) is 0 Å². The van der Waals surface area contributed by atoms with Gasteiger partial charge in [0, 0.05) is 12.5 Å². The van der Waals surface area contributed by atoms with Gasteiger partial charge in [-0.1, -0.05) is 6.07 Å². The molecule has 0 heterocycles. The van der Waals surface area contributed by atoms with E-state index in [1.807, 2.05) is 0 Å². The van der Waals surface area contributed by atoms with E-state index in [1.165, 1.54) is 30.4 Å². The zero-order valence-electron chi connectivity index (χ0n) is 11.0. The topological polar surface area (TPSA) is 21.3 Å². The Morgan fingerprint density at radius 2 is 2.39 bits per heavy atom. The zero-order chi connectivity index (χ0) is 12.8. The quantitative estimate of drug-likeness (QED) is 0.634. The van der Waals surface area contributed by atoms with Crippen LogP contribution in [0.1, 0.15) is 42.9 Å². The first-order valence-electron chi connectivity index (χ1n) is 6.69. The van der Waals surface area contributed by atoms with Crippen LogP contribution in [0.4, 0.5) is 0 Å². The molecule has 0 aliphatic heterocycles. The van der Waals surface area contributed by atoms with Crippen molar-refractivity contribution in [3.63, 3.8) is 0 Å². The Bertz CT molecular complexity index is 433. The van der Waals surface area contributed by atoms with Crippen LogP contribution < -0.4 is 10.1 Å². The number of hydrogen-bond donors (Lipinski definition) is 1. The number of unbranched alkanes of at least 4 members (excludes halogenated alkanes) is 1. The smallest absolute Gasteiger partial charge is 0.119 e. The first-order chi connectivity index (χ1) is 8.85.